The smallest absolute Gasteiger partial charge is 0.207 e. The SMILES string of the molecule is Nc1ncc(-c2ccc(N3CCSCC3)nc2)c2nncn12. The first-order valence-electron chi connectivity index (χ1n) is 7.06. The second-order valence-electron chi connectivity index (χ2n) is 5.06. The zero-order valence-corrected chi connectivity index (χ0v) is 12.7. The van der Waals surface area contributed by atoms with Gasteiger partial charge in [0.2, 0.25) is 5.95 Å². The van der Waals surface area contributed by atoms with Gasteiger partial charge in [0, 0.05) is 48.1 Å². The molecule has 1 saturated heterocycles. The van der Waals surface area contributed by atoms with Crippen molar-refractivity contribution in [1.29, 1.82) is 0 Å². The van der Waals surface area contributed by atoms with Crippen LogP contribution in [0.1, 0.15) is 0 Å². The maximum Gasteiger partial charge on any atom is 0.207 e. The molecule has 0 bridgehead atoms. The Bertz CT molecular complexity index is 793. The molecular formula is C14H15N7S. The number of nitrogens with zero attached hydrogens (tertiary/aromatic N) is 6. The fraction of sp³-hybridized carbons (Fsp3) is 0.286. The molecule has 1 aliphatic rings. The van der Waals surface area contributed by atoms with E-state index in [0.29, 0.717) is 11.6 Å². The van der Waals surface area contributed by atoms with Gasteiger partial charge in [0.1, 0.15) is 12.1 Å². The highest BCUT2D eigenvalue weighted by Crippen LogP contribution is 2.25. The van der Waals surface area contributed by atoms with Crippen LogP contribution in [0.15, 0.2) is 30.9 Å². The number of thioether (sulfide) groups is 1. The highest BCUT2D eigenvalue weighted by Gasteiger charge is 2.14. The molecule has 0 radical (unpaired) electrons. The summed E-state index contributed by atoms with van der Waals surface area (Å²) in [5.74, 6) is 3.71. The molecule has 0 aliphatic carbocycles. The molecular weight excluding hydrogens is 298 g/mol. The Balaban J connectivity index is 1.70. The minimum atomic E-state index is 0.374. The average molecular weight is 313 g/mol. The summed E-state index contributed by atoms with van der Waals surface area (Å²) in [5, 5.41) is 8.02. The lowest BCUT2D eigenvalue weighted by atomic mass is 10.1. The van der Waals surface area contributed by atoms with Crippen molar-refractivity contribution >= 4 is 29.2 Å². The molecule has 0 aromatic carbocycles. The summed E-state index contributed by atoms with van der Waals surface area (Å²) < 4.78 is 1.67. The van der Waals surface area contributed by atoms with E-state index in [9.17, 15) is 0 Å². The lowest BCUT2D eigenvalue weighted by Gasteiger charge is -2.27. The molecule has 112 valence electrons. The highest BCUT2D eigenvalue weighted by atomic mass is 32.2. The predicted molar refractivity (Wildman–Crippen MR) is 88.0 cm³/mol. The average Bonchev–Trinajstić information content (AvgIpc) is 3.07. The molecule has 3 aromatic rings. The van der Waals surface area contributed by atoms with Gasteiger partial charge in [0.05, 0.1) is 0 Å². The number of fused-ring (bicyclic) bond motifs is 1. The summed E-state index contributed by atoms with van der Waals surface area (Å²) >= 11 is 1.99. The number of hydrogen-bond donors (Lipinski definition) is 1. The van der Waals surface area contributed by atoms with Crippen molar-refractivity contribution < 1.29 is 0 Å². The second-order valence-corrected chi connectivity index (χ2v) is 6.28. The van der Waals surface area contributed by atoms with Gasteiger partial charge in [0.15, 0.2) is 5.65 Å². The number of rotatable bonds is 2. The van der Waals surface area contributed by atoms with Crippen molar-refractivity contribution in [2.24, 2.45) is 0 Å². The Kier molecular flexibility index (Phi) is 3.30. The summed E-state index contributed by atoms with van der Waals surface area (Å²) in [5.41, 5.74) is 8.34. The molecule has 4 rings (SSSR count). The van der Waals surface area contributed by atoms with Gasteiger partial charge in [-0.05, 0) is 12.1 Å². The molecule has 4 heterocycles. The van der Waals surface area contributed by atoms with Crippen LogP contribution >= 0.6 is 11.8 Å². The van der Waals surface area contributed by atoms with E-state index in [4.69, 9.17) is 5.73 Å². The summed E-state index contributed by atoms with van der Waals surface area (Å²) in [6, 6.07) is 4.10. The summed E-state index contributed by atoms with van der Waals surface area (Å²) in [4.78, 5) is 11.1. The molecule has 0 amide bonds. The van der Waals surface area contributed by atoms with E-state index < -0.39 is 0 Å². The molecule has 7 nitrogen and oxygen atoms in total. The number of anilines is 2. The van der Waals surface area contributed by atoms with Crippen molar-refractivity contribution in [3.63, 3.8) is 0 Å². The Hall–Kier alpha value is -2.35. The topological polar surface area (TPSA) is 85.2 Å². The van der Waals surface area contributed by atoms with Gasteiger partial charge in [-0.3, -0.25) is 4.40 Å². The van der Waals surface area contributed by atoms with Crippen LogP contribution in [-0.4, -0.2) is 49.2 Å². The molecule has 3 aromatic heterocycles. The van der Waals surface area contributed by atoms with Gasteiger partial charge >= 0.3 is 0 Å². The highest BCUT2D eigenvalue weighted by molar-refractivity contribution is 7.99. The van der Waals surface area contributed by atoms with Gasteiger partial charge in [0.25, 0.3) is 0 Å². The Labute approximate surface area is 131 Å². The maximum absolute atomic E-state index is 5.82. The van der Waals surface area contributed by atoms with Crippen LogP contribution in [-0.2, 0) is 0 Å². The molecule has 0 saturated carbocycles. The van der Waals surface area contributed by atoms with E-state index >= 15 is 0 Å². The number of nitrogen functional groups attached to an aromatic ring is 1. The Morgan fingerprint density at radius 3 is 2.73 bits per heavy atom. The third kappa shape index (κ3) is 2.25. The molecule has 0 atom stereocenters. The number of aromatic nitrogens is 5. The lowest BCUT2D eigenvalue weighted by Crippen LogP contribution is -2.32. The van der Waals surface area contributed by atoms with Crippen molar-refractivity contribution in [2.75, 3.05) is 35.2 Å². The standard InChI is InChI=1S/C14H15N7S/c15-14-17-8-11(13-19-18-9-21(13)14)10-1-2-12(16-7-10)20-3-5-22-6-4-20/h1-2,7-9H,3-6H2,(H2,15,17). The molecule has 1 fully saturated rings. The summed E-state index contributed by atoms with van der Waals surface area (Å²) in [7, 11) is 0. The lowest BCUT2D eigenvalue weighted by molar-refractivity contribution is 0.839. The Morgan fingerprint density at radius 2 is 1.95 bits per heavy atom. The molecule has 0 spiro atoms. The summed E-state index contributed by atoms with van der Waals surface area (Å²) in [6.07, 6.45) is 5.14. The van der Waals surface area contributed by atoms with E-state index in [1.807, 2.05) is 24.0 Å². The van der Waals surface area contributed by atoms with Gasteiger partial charge in [-0.15, -0.1) is 10.2 Å². The molecule has 22 heavy (non-hydrogen) atoms. The minimum Gasteiger partial charge on any atom is -0.369 e. The number of hydrogen-bond acceptors (Lipinski definition) is 7. The zero-order valence-electron chi connectivity index (χ0n) is 11.9. The van der Waals surface area contributed by atoms with Gasteiger partial charge in [-0.25, -0.2) is 9.97 Å². The van der Waals surface area contributed by atoms with E-state index in [2.05, 4.69) is 31.1 Å². The van der Waals surface area contributed by atoms with Gasteiger partial charge in [-0.2, -0.15) is 11.8 Å². The van der Waals surface area contributed by atoms with Gasteiger partial charge < -0.3 is 10.6 Å². The predicted octanol–water partition coefficient (Wildman–Crippen LogP) is 1.32. The zero-order chi connectivity index (χ0) is 14.9. The van der Waals surface area contributed by atoms with Crippen LogP contribution in [0.25, 0.3) is 16.8 Å². The first kappa shape index (κ1) is 13.3. The quantitative estimate of drug-likeness (QED) is 0.763. The number of nitrogens with two attached hydrogens (primary N) is 1. The first-order chi connectivity index (χ1) is 10.8. The van der Waals surface area contributed by atoms with Crippen LogP contribution in [0, 0.1) is 0 Å². The van der Waals surface area contributed by atoms with Crippen molar-refractivity contribution in [3.8, 4) is 11.1 Å². The molecule has 0 unspecified atom stereocenters. The van der Waals surface area contributed by atoms with Gasteiger partial charge in [-0.1, -0.05) is 0 Å². The number of pyridine rings is 1. The van der Waals surface area contributed by atoms with Crippen LogP contribution in [0.5, 0.6) is 0 Å². The third-order valence-corrected chi connectivity index (χ3v) is 4.70. The fourth-order valence-corrected chi connectivity index (χ4v) is 3.47. The van der Waals surface area contributed by atoms with Crippen LogP contribution < -0.4 is 10.6 Å². The van der Waals surface area contributed by atoms with Crippen LogP contribution in [0.2, 0.25) is 0 Å². The normalized spacial score (nSPS) is 15.4. The van der Waals surface area contributed by atoms with Crippen LogP contribution in [0.3, 0.4) is 0 Å². The molecule has 2 N–H and O–H groups in total. The van der Waals surface area contributed by atoms with Crippen molar-refractivity contribution in [2.45, 2.75) is 0 Å². The van der Waals surface area contributed by atoms with Crippen molar-refractivity contribution in [3.05, 3.63) is 30.9 Å². The van der Waals surface area contributed by atoms with Crippen LogP contribution in [0.4, 0.5) is 11.8 Å². The van der Waals surface area contributed by atoms with E-state index in [1.165, 1.54) is 0 Å². The minimum absolute atomic E-state index is 0.374. The third-order valence-electron chi connectivity index (χ3n) is 3.76. The molecule has 8 heteroatoms. The Morgan fingerprint density at radius 1 is 1.09 bits per heavy atom. The summed E-state index contributed by atoms with van der Waals surface area (Å²) in [6.45, 7) is 2.10. The van der Waals surface area contributed by atoms with Crippen molar-refractivity contribution in [1.82, 2.24) is 24.6 Å². The fourth-order valence-electron chi connectivity index (χ4n) is 2.57. The van der Waals surface area contributed by atoms with E-state index in [1.54, 1.807) is 16.9 Å². The largest absolute Gasteiger partial charge is 0.369 e. The first-order valence-corrected chi connectivity index (χ1v) is 8.22. The van der Waals surface area contributed by atoms with E-state index in [-0.39, 0.29) is 0 Å². The maximum atomic E-state index is 5.82. The van der Waals surface area contributed by atoms with E-state index in [0.717, 1.165) is 41.5 Å². The monoisotopic (exact) mass is 313 g/mol. The molecule has 1 aliphatic heterocycles. The second kappa shape index (κ2) is 5.45.